The highest BCUT2D eigenvalue weighted by Crippen LogP contribution is 2.21. The monoisotopic (exact) mass is 238 g/mol. The third-order valence-corrected chi connectivity index (χ3v) is 2.63. The second-order valence-electron chi connectivity index (χ2n) is 2.99. The normalized spacial score (nSPS) is 9.81. The number of methoxy groups -OCH3 is 1. The van der Waals surface area contributed by atoms with Gasteiger partial charge in [-0.05, 0) is 12.7 Å². The highest BCUT2D eigenvalue weighted by atomic mass is 32.2. The standard InChI is InChI=1S/C10H14N4OS/c1-15-5-3-4-12-9-8(6-11)10(16-2)14-7-13-9/h7H,3-5H2,1-2H3,(H,12,13,14). The van der Waals surface area contributed by atoms with Gasteiger partial charge in [-0.15, -0.1) is 11.8 Å². The van der Waals surface area contributed by atoms with Crippen molar-refractivity contribution in [1.29, 1.82) is 5.26 Å². The van der Waals surface area contributed by atoms with Gasteiger partial charge in [0.15, 0.2) is 0 Å². The highest BCUT2D eigenvalue weighted by Gasteiger charge is 2.09. The zero-order valence-electron chi connectivity index (χ0n) is 9.36. The zero-order chi connectivity index (χ0) is 11.8. The van der Waals surface area contributed by atoms with Crippen LogP contribution < -0.4 is 5.32 Å². The van der Waals surface area contributed by atoms with Gasteiger partial charge in [0.2, 0.25) is 0 Å². The highest BCUT2D eigenvalue weighted by molar-refractivity contribution is 7.98. The second-order valence-corrected chi connectivity index (χ2v) is 3.79. The van der Waals surface area contributed by atoms with E-state index in [2.05, 4.69) is 21.4 Å². The first-order chi connectivity index (χ1) is 7.83. The maximum atomic E-state index is 9.03. The number of ether oxygens (including phenoxy) is 1. The van der Waals surface area contributed by atoms with E-state index in [4.69, 9.17) is 10.00 Å². The van der Waals surface area contributed by atoms with Crippen LogP contribution in [0.1, 0.15) is 12.0 Å². The van der Waals surface area contributed by atoms with E-state index in [-0.39, 0.29) is 0 Å². The van der Waals surface area contributed by atoms with Crippen molar-refractivity contribution in [1.82, 2.24) is 9.97 Å². The molecule has 6 heteroatoms. The van der Waals surface area contributed by atoms with Crippen LogP contribution in [0.3, 0.4) is 0 Å². The van der Waals surface area contributed by atoms with Crippen molar-refractivity contribution < 1.29 is 4.74 Å². The van der Waals surface area contributed by atoms with Gasteiger partial charge in [0.1, 0.15) is 28.8 Å². The molecule has 0 aliphatic carbocycles. The van der Waals surface area contributed by atoms with Gasteiger partial charge in [-0.3, -0.25) is 0 Å². The number of rotatable bonds is 6. The van der Waals surface area contributed by atoms with E-state index in [0.717, 1.165) is 13.0 Å². The SMILES string of the molecule is COCCCNc1ncnc(SC)c1C#N. The Hall–Kier alpha value is -1.32. The molecular weight excluding hydrogens is 224 g/mol. The van der Waals surface area contributed by atoms with Gasteiger partial charge in [0.05, 0.1) is 0 Å². The van der Waals surface area contributed by atoms with Crippen LogP contribution in [-0.2, 0) is 4.74 Å². The number of anilines is 1. The van der Waals surface area contributed by atoms with Gasteiger partial charge < -0.3 is 10.1 Å². The molecule has 0 fully saturated rings. The number of nitrogens with one attached hydrogen (secondary N) is 1. The Bertz CT molecular complexity index is 378. The maximum absolute atomic E-state index is 9.03. The first kappa shape index (κ1) is 12.7. The molecular formula is C10H14N4OS. The quantitative estimate of drug-likeness (QED) is 0.460. The molecule has 1 aromatic rings. The van der Waals surface area contributed by atoms with Crippen molar-refractivity contribution in [3.63, 3.8) is 0 Å². The van der Waals surface area contributed by atoms with Gasteiger partial charge in [-0.25, -0.2) is 9.97 Å². The summed E-state index contributed by atoms with van der Waals surface area (Å²) in [5.74, 6) is 0.595. The summed E-state index contributed by atoms with van der Waals surface area (Å²) in [6.45, 7) is 1.42. The van der Waals surface area contributed by atoms with Gasteiger partial charge in [0, 0.05) is 20.3 Å². The smallest absolute Gasteiger partial charge is 0.148 e. The van der Waals surface area contributed by atoms with E-state index >= 15 is 0 Å². The lowest BCUT2D eigenvalue weighted by Gasteiger charge is -2.08. The number of hydrogen-bond acceptors (Lipinski definition) is 6. The fourth-order valence-corrected chi connectivity index (χ4v) is 1.68. The molecule has 0 saturated heterocycles. The Kier molecular flexibility index (Phi) is 5.61. The summed E-state index contributed by atoms with van der Waals surface area (Å²) in [4.78, 5) is 8.09. The molecule has 0 aromatic carbocycles. The van der Waals surface area contributed by atoms with Crippen LogP contribution in [0.2, 0.25) is 0 Å². The predicted octanol–water partition coefficient (Wildman–Crippen LogP) is 1.52. The van der Waals surface area contributed by atoms with E-state index in [1.807, 2.05) is 6.26 Å². The number of thioether (sulfide) groups is 1. The molecule has 5 nitrogen and oxygen atoms in total. The molecule has 0 radical (unpaired) electrons. The van der Waals surface area contributed by atoms with Crippen molar-refractivity contribution in [2.24, 2.45) is 0 Å². The summed E-state index contributed by atoms with van der Waals surface area (Å²) in [6, 6.07) is 2.12. The predicted molar refractivity (Wildman–Crippen MR) is 63.5 cm³/mol. The molecule has 1 rings (SSSR count). The number of nitrogens with zero attached hydrogens (tertiary/aromatic N) is 3. The molecule has 0 atom stereocenters. The Morgan fingerprint density at radius 3 is 3.00 bits per heavy atom. The van der Waals surface area contributed by atoms with Crippen LogP contribution in [0.15, 0.2) is 11.4 Å². The van der Waals surface area contributed by atoms with Crippen LogP contribution in [-0.4, -0.2) is 36.5 Å². The molecule has 1 heterocycles. The Balaban J connectivity index is 2.68. The van der Waals surface area contributed by atoms with Gasteiger partial charge in [-0.2, -0.15) is 5.26 Å². The van der Waals surface area contributed by atoms with E-state index in [0.29, 0.717) is 23.0 Å². The van der Waals surface area contributed by atoms with Crippen LogP contribution in [0.25, 0.3) is 0 Å². The number of hydrogen-bond donors (Lipinski definition) is 1. The molecule has 0 unspecified atom stereocenters. The zero-order valence-corrected chi connectivity index (χ0v) is 10.2. The molecule has 0 saturated carbocycles. The summed E-state index contributed by atoms with van der Waals surface area (Å²) >= 11 is 1.44. The summed E-state index contributed by atoms with van der Waals surface area (Å²) < 4.78 is 4.94. The fourth-order valence-electron chi connectivity index (χ4n) is 1.18. The van der Waals surface area contributed by atoms with E-state index in [1.54, 1.807) is 7.11 Å². The van der Waals surface area contributed by atoms with Crippen LogP contribution in [0.4, 0.5) is 5.82 Å². The van der Waals surface area contributed by atoms with Gasteiger partial charge >= 0.3 is 0 Å². The van der Waals surface area contributed by atoms with Crippen molar-refractivity contribution in [3.05, 3.63) is 11.9 Å². The molecule has 86 valence electrons. The second kappa shape index (κ2) is 7.04. The average molecular weight is 238 g/mol. The molecule has 0 bridgehead atoms. The van der Waals surface area contributed by atoms with Crippen molar-refractivity contribution >= 4 is 17.6 Å². The third kappa shape index (κ3) is 3.36. The van der Waals surface area contributed by atoms with E-state index < -0.39 is 0 Å². The first-order valence-corrected chi connectivity index (χ1v) is 6.07. The summed E-state index contributed by atoms with van der Waals surface area (Å²) in [7, 11) is 1.66. The molecule has 16 heavy (non-hydrogen) atoms. The van der Waals surface area contributed by atoms with E-state index in [9.17, 15) is 0 Å². The minimum atomic E-state index is 0.507. The van der Waals surface area contributed by atoms with Crippen molar-refractivity contribution in [2.45, 2.75) is 11.4 Å². The molecule has 0 aliphatic rings. The van der Waals surface area contributed by atoms with Gasteiger partial charge in [0.25, 0.3) is 0 Å². The summed E-state index contributed by atoms with van der Waals surface area (Å²) in [5.41, 5.74) is 0.507. The summed E-state index contributed by atoms with van der Waals surface area (Å²) in [6.07, 6.45) is 4.23. The van der Waals surface area contributed by atoms with Gasteiger partial charge in [-0.1, -0.05) is 0 Å². The maximum Gasteiger partial charge on any atom is 0.148 e. The lowest BCUT2D eigenvalue weighted by Crippen LogP contribution is -2.08. The third-order valence-electron chi connectivity index (χ3n) is 1.94. The van der Waals surface area contributed by atoms with Crippen LogP contribution in [0, 0.1) is 11.3 Å². The van der Waals surface area contributed by atoms with Crippen LogP contribution >= 0.6 is 11.8 Å². The van der Waals surface area contributed by atoms with Crippen LogP contribution in [0.5, 0.6) is 0 Å². The number of nitriles is 1. The molecule has 1 N–H and O–H groups in total. The molecule has 1 aromatic heterocycles. The van der Waals surface area contributed by atoms with Crippen molar-refractivity contribution in [2.75, 3.05) is 31.8 Å². The lowest BCUT2D eigenvalue weighted by molar-refractivity contribution is 0.197. The Morgan fingerprint density at radius 2 is 2.38 bits per heavy atom. The van der Waals surface area contributed by atoms with E-state index in [1.165, 1.54) is 18.1 Å². The number of aromatic nitrogens is 2. The average Bonchev–Trinajstić information content (AvgIpc) is 2.34. The molecule has 0 amide bonds. The summed E-state index contributed by atoms with van der Waals surface area (Å²) in [5, 5.41) is 12.8. The van der Waals surface area contributed by atoms with Crippen molar-refractivity contribution in [3.8, 4) is 6.07 Å². The lowest BCUT2D eigenvalue weighted by atomic mass is 10.3. The largest absolute Gasteiger partial charge is 0.385 e. The topological polar surface area (TPSA) is 70.8 Å². The minimum Gasteiger partial charge on any atom is -0.385 e. The Labute approximate surface area is 99.2 Å². The fraction of sp³-hybridized carbons (Fsp3) is 0.500. The molecule has 0 aliphatic heterocycles. The molecule has 0 spiro atoms. The first-order valence-electron chi connectivity index (χ1n) is 4.85. The minimum absolute atomic E-state index is 0.507. The Morgan fingerprint density at radius 1 is 1.56 bits per heavy atom.